The van der Waals surface area contributed by atoms with Crippen molar-refractivity contribution in [2.24, 2.45) is 0 Å². The summed E-state index contributed by atoms with van der Waals surface area (Å²) < 4.78 is 82.6. The molecule has 0 aliphatic carbocycles. The fourth-order valence-electron chi connectivity index (χ4n) is 3.36. The molecule has 2 atom stereocenters. The van der Waals surface area contributed by atoms with Gasteiger partial charge < -0.3 is 18.9 Å². The van der Waals surface area contributed by atoms with Gasteiger partial charge in [-0.05, 0) is 42.3 Å². The minimum atomic E-state index is -4.57. The lowest BCUT2D eigenvalue weighted by Gasteiger charge is -2.22. The van der Waals surface area contributed by atoms with Gasteiger partial charge in [0.1, 0.15) is 18.2 Å². The Morgan fingerprint density at radius 2 is 1.81 bits per heavy atom. The number of alkyl halides is 3. The summed E-state index contributed by atoms with van der Waals surface area (Å²) in [4.78, 5) is 12.7. The quantitative estimate of drug-likeness (QED) is 0.314. The molecule has 3 rings (SSSR count). The largest absolute Gasteiger partial charge is 0.755 e. The van der Waals surface area contributed by atoms with E-state index >= 15 is 0 Å². The van der Waals surface area contributed by atoms with Crippen LogP contribution in [-0.2, 0) is 35.4 Å². The number of hydrogen-bond donors (Lipinski definition) is 1. The highest BCUT2D eigenvalue weighted by Gasteiger charge is 2.31. The van der Waals surface area contributed by atoms with Gasteiger partial charge in [0, 0.05) is 30.4 Å². The number of benzene rings is 3. The zero-order valence-electron chi connectivity index (χ0n) is 19.3. The van der Waals surface area contributed by atoms with Gasteiger partial charge in [0.15, 0.2) is 0 Å². The molecule has 6 nitrogen and oxygen atoms in total. The Morgan fingerprint density at radius 3 is 2.42 bits per heavy atom. The molecule has 0 saturated carbocycles. The summed E-state index contributed by atoms with van der Waals surface area (Å²) in [5.41, 5.74) is 0.334. The monoisotopic (exact) mass is 523 g/mol. The lowest BCUT2D eigenvalue weighted by Crippen LogP contribution is -2.28. The molecule has 36 heavy (non-hydrogen) atoms. The van der Waals surface area contributed by atoms with E-state index in [1.54, 1.807) is 30.3 Å². The van der Waals surface area contributed by atoms with Crippen molar-refractivity contribution in [3.63, 3.8) is 0 Å². The summed E-state index contributed by atoms with van der Waals surface area (Å²) in [6.07, 6.45) is -4.57. The van der Waals surface area contributed by atoms with Crippen molar-refractivity contribution in [2.75, 3.05) is 11.4 Å². The molecule has 0 aliphatic rings. The highest BCUT2D eigenvalue weighted by atomic mass is 32.2. The van der Waals surface area contributed by atoms with Gasteiger partial charge in [-0.25, -0.2) is 4.39 Å². The molecule has 192 valence electrons. The first-order valence-electron chi connectivity index (χ1n) is 10.7. The van der Waals surface area contributed by atoms with Crippen molar-refractivity contribution in [1.82, 2.24) is 5.32 Å². The van der Waals surface area contributed by atoms with E-state index in [4.69, 9.17) is 4.74 Å². The predicted molar refractivity (Wildman–Crippen MR) is 126 cm³/mol. The summed E-state index contributed by atoms with van der Waals surface area (Å²) in [6, 6.07) is 15.7. The lowest BCUT2D eigenvalue weighted by atomic mass is 9.99. The minimum absolute atomic E-state index is 0.0225. The van der Waals surface area contributed by atoms with Crippen LogP contribution in [0.2, 0.25) is 0 Å². The summed E-state index contributed by atoms with van der Waals surface area (Å²) in [5, 5.41) is 2.64. The third kappa shape index (κ3) is 6.82. The van der Waals surface area contributed by atoms with Gasteiger partial charge in [-0.15, -0.1) is 0 Å². The molecule has 1 amide bonds. The van der Waals surface area contributed by atoms with Crippen LogP contribution in [0.25, 0.3) is 0 Å². The molecule has 0 spiro atoms. The smallest absolute Gasteiger partial charge is 0.416 e. The molecule has 0 aliphatic heterocycles. The fourth-order valence-corrected chi connectivity index (χ4v) is 3.67. The second-order valence-corrected chi connectivity index (χ2v) is 8.94. The average Bonchev–Trinajstić information content (AvgIpc) is 2.85. The molecule has 1 N–H and O–H groups in total. The van der Waals surface area contributed by atoms with Crippen molar-refractivity contribution in [2.45, 2.75) is 32.2 Å². The van der Waals surface area contributed by atoms with E-state index in [0.29, 0.717) is 15.4 Å². The van der Waals surface area contributed by atoms with E-state index in [1.165, 1.54) is 32.2 Å². The summed E-state index contributed by atoms with van der Waals surface area (Å²) in [7, 11) is 1.18. The van der Waals surface area contributed by atoms with Gasteiger partial charge in [0.25, 0.3) is 0 Å². The molecule has 3 aromatic carbocycles. The topological polar surface area (TPSA) is 81.7 Å². The third-order valence-electron chi connectivity index (χ3n) is 5.51. The fraction of sp³-hybridized carbons (Fsp3) is 0.240. The number of rotatable bonds is 9. The van der Waals surface area contributed by atoms with Gasteiger partial charge in [-0.2, -0.15) is 13.2 Å². The molecule has 3 aromatic rings. The first-order valence-corrected chi connectivity index (χ1v) is 11.8. The Balaban J connectivity index is 1.74. The maximum Gasteiger partial charge on any atom is 0.416 e. The van der Waals surface area contributed by atoms with Crippen LogP contribution >= 0.6 is 0 Å². The van der Waals surface area contributed by atoms with E-state index < -0.39 is 40.6 Å². The number of carbonyl (C=O) groups is 1. The Kier molecular flexibility index (Phi) is 8.70. The van der Waals surface area contributed by atoms with Crippen molar-refractivity contribution in [3.05, 3.63) is 94.8 Å². The minimum Gasteiger partial charge on any atom is -0.755 e. The standard InChI is InChI=1S/C25H24F4N2O4S/c1-16(18-9-11-22(21(26)12-18)31(2)36(33)34)24(32)30-14-19-8-10-20(25(27,28)29)13-23(19)35-15-17-6-4-3-5-7-17/h3-13,16H,14-15H2,1-2H3,(H,30,32)(H,33,34)/p-1. The third-order valence-corrected chi connectivity index (χ3v) is 6.16. The lowest BCUT2D eigenvalue weighted by molar-refractivity contribution is -0.137. The molecule has 11 heteroatoms. The zero-order valence-corrected chi connectivity index (χ0v) is 20.2. The molecule has 0 radical (unpaired) electrons. The predicted octanol–water partition coefficient (Wildman–Crippen LogP) is 5.07. The van der Waals surface area contributed by atoms with Crippen LogP contribution in [0.5, 0.6) is 5.75 Å². The molecule has 0 saturated heterocycles. The molecule has 0 fully saturated rings. The second-order valence-electron chi connectivity index (χ2n) is 7.96. The normalized spacial score (nSPS) is 13.1. The second kappa shape index (κ2) is 11.5. The number of amides is 1. The molecular weight excluding hydrogens is 500 g/mol. The first kappa shape index (κ1) is 27.2. The number of carbonyl (C=O) groups excluding carboxylic acids is 1. The summed E-state index contributed by atoms with van der Waals surface area (Å²) in [6.45, 7) is 1.44. The maximum atomic E-state index is 14.4. The van der Waals surface area contributed by atoms with E-state index in [-0.39, 0.29) is 24.6 Å². The van der Waals surface area contributed by atoms with E-state index in [1.807, 2.05) is 0 Å². The Labute approximate surface area is 208 Å². The van der Waals surface area contributed by atoms with Gasteiger partial charge in [0.05, 0.1) is 17.2 Å². The van der Waals surface area contributed by atoms with Crippen LogP contribution in [0.1, 0.15) is 35.1 Å². The van der Waals surface area contributed by atoms with Crippen LogP contribution < -0.4 is 14.4 Å². The van der Waals surface area contributed by atoms with Gasteiger partial charge >= 0.3 is 6.18 Å². The van der Waals surface area contributed by atoms with Gasteiger partial charge in [0.2, 0.25) is 5.91 Å². The summed E-state index contributed by atoms with van der Waals surface area (Å²) in [5.74, 6) is -2.17. The molecule has 2 unspecified atom stereocenters. The maximum absolute atomic E-state index is 14.4. The van der Waals surface area contributed by atoms with Crippen molar-refractivity contribution < 1.29 is 35.9 Å². The van der Waals surface area contributed by atoms with Crippen LogP contribution in [0.15, 0.2) is 66.7 Å². The SMILES string of the molecule is CC(C(=O)NCc1ccc(C(F)(F)F)cc1OCc1ccccc1)c1ccc(N(C)S(=O)[O-])c(F)c1. The van der Waals surface area contributed by atoms with E-state index in [2.05, 4.69) is 5.32 Å². The number of nitrogens with one attached hydrogen (secondary N) is 1. The number of halogens is 4. The molecular formula is C25H23F4N2O4S-. The van der Waals surface area contributed by atoms with Crippen molar-refractivity contribution in [1.29, 1.82) is 0 Å². The molecule has 0 heterocycles. The molecule has 0 aromatic heterocycles. The number of hydrogen-bond acceptors (Lipinski definition) is 4. The van der Waals surface area contributed by atoms with Crippen molar-refractivity contribution >= 4 is 22.9 Å². The number of nitrogens with zero attached hydrogens (tertiary/aromatic N) is 1. The zero-order chi connectivity index (χ0) is 26.5. The van der Waals surface area contributed by atoms with Crippen LogP contribution in [0, 0.1) is 5.82 Å². The summed E-state index contributed by atoms with van der Waals surface area (Å²) >= 11 is -2.66. The van der Waals surface area contributed by atoms with Gasteiger partial charge in [-0.1, -0.05) is 42.5 Å². The Morgan fingerprint density at radius 1 is 1.11 bits per heavy atom. The van der Waals surface area contributed by atoms with Crippen LogP contribution in [-0.4, -0.2) is 21.7 Å². The first-order chi connectivity index (χ1) is 17.0. The highest BCUT2D eigenvalue weighted by molar-refractivity contribution is 7.80. The Bertz CT molecular complexity index is 1240. The Hall–Kier alpha value is -3.44. The molecule has 0 bridgehead atoms. The average molecular weight is 524 g/mol. The van der Waals surface area contributed by atoms with E-state index in [9.17, 15) is 31.1 Å². The van der Waals surface area contributed by atoms with Crippen LogP contribution in [0.3, 0.4) is 0 Å². The number of anilines is 1. The van der Waals surface area contributed by atoms with Crippen LogP contribution in [0.4, 0.5) is 23.2 Å². The van der Waals surface area contributed by atoms with Gasteiger partial charge in [-0.3, -0.25) is 9.00 Å². The van der Waals surface area contributed by atoms with Crippen molar-refractivity contribution in [3.8, 4) is 5.75 Å². The number of ether oxygens (including phenoxy) is 1. The highest BCUT2D eigenvalue weighted by Crippen LogP contribution is 2.33. The van der Waals surface area contributed by atoms with E-state index in [0.717, 1.165) is 23.8 Å².